The van der Waals surface area contributed by atoms with Crippen molar-refractivity contribution in [2.45, 2.75) is 32.7 Å². The van der Waals surface area contributed by atoms with E-state index >= 15 is 0 Å². The SMILES string of the molecule is CC[C@@H](C)NC(=O)NC(=O)COC(=O)COc1ccccc1Cc1ccccc1. The Hall–Kier alpha value is -3.35. The van der Waals surface area contributed by atoms with Gasteiger partial charge in [-0.05, 0) is 30.5 Å². The molecule has 29 heavy (non-hydrogen) atoms. The minimum Gasteiger partial charge on any atom is -0.482 e. The highest BCUT2D eigenvalue weighted by atomic mass is 16.6. The van der Waals surface area contributed by atoms with Gasteiger partial charge in [-0.25, -0.2) is 9.59 Å². The summed E-state index contributed by atoms with van der Waals surface area (Å²) in [5.41, 5.74) is 2.06. The molecule has 2 aromatic rings. The first kappa shape index (κ1) is 21.9. The highest BCUT2D eigenvalue weighted by Crippen LogP contribution is 2.21. The van der Waals surface area contributed by atoms with Crippen molar-refractivity contribution in [3.05, 3.63) is 65.7 Å². The zero-order valence-electron chi connectivity index (χ0n) is 16.6. The number of para-hydroxylation sites is 1. The molecule has 0 spiro atoms. The zero-order chi connectivity index (χ0) is 21.1. The van der Waals surface area contributed by atoms with E-state index in [-0.39, 0.29) is 12.6 Å². The van der Waals surface area contributed by atoms with Gasteiger partial charge < -0.3 is 14.8 Å². The maximum absolute atomic E-state index is 11.9. The van der Waals surface area contributed by atoms with Crippen LogP contribution in [0.3, 0.4) is 0 Å². The summed E-state index contributed by atoms with van der Waals surface area (Å²) in [4.78, 5) is 35.1. The third-order valence-electron chi connectivity index (χ3n) is 4.16. The van der Waals surface area contributed by atoms with Crippen molar-refractivity contribution in [3.8, 4) is 5.75 Å². The second-order valence-corrected chi connectivity index (χ2v) is 6.55. The molecule has 3 amide bonds. The molecule has 0 aromatic heterocycles. The lowest BCUT2D eigenvalue weighted by atomic mass is 10.0. The van der Waals surface area contributed by atoms with E-state index in [4.69, 9.17) is 9.47 Å². The second-order valence-electron chi connectivity index (χ2n) is 6.55. The number of nitrogens with one attached hydrogen (secondary N) is 2. The number of hydrogen-bond acceptors (Lipinski definition) is 5. The Kier molecular flexibility index (Phi) is 8.69. The van der Waals surface area contributed by atoms with Crippen molar-refractivity contribution < 1.29 is 23.9 Å². The van der Waals surface area contributed by atoms with Crippen molar-refractivity contribution in [1.29, 1.82) is 0 Å². The Morgan fingerprint density at radius 1 is 0.966 bits per heavy atom. The Morgan fingerprint density at radius 2 is 1.66 bits per heavy atom. The number of carbonyl (C=O) groups excluding carboxylic acids is 3. The number of amides is 3. The van der Waals surface area contributed by atoms with Crippen LogP contribution in [0.1, 0.15) is 31.4 Å². The molecule has 0 aliphatic carbocycles. The highest BCUT2D eigenvalue weighted by Gasteiger charge is 2.13. The van der Waals surface area contributed by atoms with E-state index < -0.39 is 24.5 Å². The standard InChI is InChI=1S/C22H26N2O5/c1-3-16(2)23-22(27)24-20(25)14-29-21(26)15-28-19-12-8-7-11-18(19)13-17-9-5-4-6-10-17/h4-12,16H,3,13-15H2,1-2H3,(H2,23,24,25,27)/t16-/m1/s1. The molecule has 0 aliphatic heterocycles. The van der Waals surface area contributed by atoms with Crippen LogP contribution in [0.2, 0.25) is 0 Å². The first-order valence-electron chi connectivity index (χ1n) is 9.48. The van der Waals surface area contributed by atoms with E-state index in [1.807, 2.05) is 62.4 Å². The summed E-state index contributed by atoms with van der Waals surface area (Å²) in [6, 6.07) is 16.6. The highest BCUT2D eigenvalue weighted by molar-refractivity contribution is 5.95. The molecular formula is C22H26N2O5. The lowest BCUT2D eigenvalue weighted by molar-refractivity contribution is -0.150. The summed E-state index contributed by atoms with van der Waals surface area (Å²) >= 11 is 0. The molecule has 2 rings (SSSR count). The number of hydrogen-bond donors (Lipinski definition) is 2. The molecule has 1 atom stereocenters. The van der Waals surface area contributed by atoms with E-state index in [1.165, 1.54) is 0 Å². The lowest BCUT2D eigenvalue weighted by Crippen LogP contribution is -2.44. The number of esters is 1. The fourth-order valence-electron chi connectivity index (χ4n) is 2.46. The van der Waals surface area contributed by atoms with Crippen molar-refractivity contribution in [1.82, 2.24) is 10.6 Å². The van der Waals surface area contributed by atoms with Crippen LogP contribution >= 0.6 is 0 Å². The Bertz CT molecular complexity index is 823. The largest absolute Gasteiger partial charge is 0.482 e. The average molecular weight is 398 g/mol. The smallest absolute Gasteiger partial charge is 0.344 e. The maximum Gasteiger partial charge on any atom is 0.344 e. The molecule has 0 bridgehead atoms. The van der Waals surface area contributed by atoms with Gasteiger partial charge in [0.15, 0.2) is 13.2 Å². The first-order valence-corrected chi connectivity index (χ1v) is 9.48. The molecule has 2 N–H and O–H groups in total. The van der Waals surface area contributed by atoms with E-state index in [9.17, 15) is 14.4 Å². The Balaban J connectivity index is 1.78. The third kappa shape index (κ3) is 8.04. The molecule has 0 saturated heterocycles. The van der Waals surface area contributed by atoms with Crippen molar-refractivity contribution in [2.75, 3.05) is 13.2 Å². The molecule has 7 heteroatoms. The minimum absolute atomic E-state index is 0.0605. The normalized spacial score (nSPS) is 11.2. The third-order valence-corrected chi connectivity index (χ3v) is 4.16. The van der Waals surface area contributed by atoms with Crippen LogP contribution in [-0.4, -0.2) is 37.2 Å². The van der Waals surface area contributed by atoms with E-state index in [1.54, 1.807) is 6.07 Å². The van der Waals surface area contributed by atoms with Gasteiger partial charge in [-0.3, -0.25) is 10.1 Å². The van der Waals surface area contributed by atoms with Crippen LogP contribution in [0.15, 0.2) is 54.6 Å². The van der Waals surface area contributed by atoms with Crippen molar-refractivity contribution in [3.63, 3.8) is 0 Å². The summed E-state index contributed by atoms with van der Waals surface area (Å²) in [6.45, 7) is 2.84. The van der Waals surface area contributed by atoms with Gasteiger partial charge in [0.2, 0.25) is 0 Å². The molecule has 0 fully saturated rings. The van der Waals surface area contributed by atoms with Gasteiger partial charge in [-0.15, -0.1) is 0 Å². The summed E-state index contributed by atoms with van der Waals surface area (Å²) in [5, 5.41) is 4.69. The van der Waals surface area contributed by atoms with Gasteiger partial charge in [-0.2, -0.15) is 0 Å². The molecular weight excluding hydrogens is 372 g/mol. The van der Waals surface area contributed by atoms with Crippen LogP contribution in [-0.2, 0) is 20.7 Å². The molecule has 0 saturated carbocycles. The average Bonchev–Trinajstić information content (AvgIpc) is 2.72. The van der Waals surface area contributed by atoms with Gasteiger partial charge >= 0.3 is 12.0 Å². The Labute approximate surface area is 170 Å². The van der Waals surface area contributed by atoms with E-state index in [0.29, 0.717) is 12.2 Å². The number of urea groups is 1. The first-order chi connectivity index (χ1) is 14.0. The lowest BCUT2D eigenvalue weighted by Gasteiger charge is -2.12. The number of carbonyl (C=O) groups is 3. The summed E-state index contributed by atoms with van der Waals surface area (Å²) < 4.78 is 10.4. The fourth-order valence-corrected chi connectivity index (χ4v) is 2.46. The summed E-state index contributed by atoms with van der Waals surface area (Å²) in [5.74, 6) is -0.827. The molecule has 0 aliphatic rings. The van der Waals surface area contributed by atoms with Gasteiger partial charge in [0.1, 0.15) is 5.75 Å². The molecule has 154 valence electrons. The monoisotopic (exact) mass is 398 g/mol. The predicted octanol–water partition coefficient (Wildman–Crippen LogP) is 2.82. The summed E-state index contributed by atoms with van der Waals surface area (Å²) in [6.07, 6.45) is 1.40. The molecule has 2 aromatic carbocycles. The van der Waals surface area contributed by atoms with Gasteiger partial charge in [0, 0.05) is 12.5 Å². The van der Waals surface area contributed by atoms with Crippen molar-refractivity contribution >= 4 is 17.9 Å². The minimum atomic E-state index is -0.705. The van der Waals surface area contributed by atoms with Crippen LogP contribution in [0.5, 0.6) is 5.75 Å². The van der Waals surface area contributed by atoms with Crippen molar-refractivity contribution in [2.24, 2.45) is 0 Å². The van der Waals surface area contributed by atoms with Gasteiger partial charge in [-0.1, -0.05) is 55.5 Å². The molecule has 0 unspecified atom stereocenters. The molecule has 0 heterocycles. The summed E-state index contributed by atoms with van der Waals surface area (Å²) in [7, 11) is 0. The number of rotatable bonds is 9. The molecule has 7 nitrogen and oxygen atoms in total. The van der Waals surface area contributed by atoms with E-state index in [2.05, 4.69) is 10.6 Å². The van der Waals surface area contributed by atoms with E-state index in [0.717, 1.165) is 17.5 Å². The van der Waals surface area contributed by atoms with Gasteiger partial charge in [0.05, 0.1) is 0 Å². The van der Waals surface area contributed by atoms with Gasteiger partial charge in [0.25, 0.3) is 5.91 Å². The zero-order valence-corrected chi connectivity index (χ0v) is 16.6. The number of ether oxygens (including phenoxy) is 2. The van der Waals surface area contributed by atoms with Crippen LogP contribution < -0.4 is 15.4 Å². The van der Waals surface area contributed by atoms with Crippen LogP contribution in [0.4, 0.5) is 4.79 Å². The van der Waals surface area contributed by atoms with Crippen LogP contribution in [0, 0.1) is 0 Å². The second kappa shape index (κ2) is 11.5. The Morgan fingerprint density at radius 3 is 2.38 bits per heavy atom. The van der Waals surface area contributed by atoms with Crippen LogP contribution in [0.25, 0.3) is 0 Å². The number of imide groups is 1. The predicted molar refractivity (Wildman–Crippen MR) is 109 cm³/mol. The number of benzene rings is 2. The quantitative estimate of drug-likeness (QED) is 0.634. The fraction of sp³-hybridized carbons (Fsp3) is 0.318. The molecule has 0 radical (unpaired) electrons. The topological polar surface area (TPSA) is 93.7 Å². The maximum atomic E-state index is 11.9.